The Morgan fingerprint density at radius 3 is 2.45 bits per heavy atom. The van der Waals surface area contributed by atoms with Crippen LogP contribution in [-0.4, -0.2) is 84.7 Å². The molecule has 1 aromatic heterocycles. The molecule has 49 heavy (non-hydrogen) atoms. The van der Waals surface area contributed by atoms with Gasteiger partial charge in [0.2, 0.25) is 17.7 Å². The molecule has 0 spiro atoms. The van der Waals surface area contributed by atoms with Gasteiger partial charge in [0.15, 0.2) is 0 Å². The molecule has 0 radical (unpaired) electrons. The Labute approximate surface area is 291 Å². The minimum Gasteiger partial charge on any atom is -0.361 e. The maximum Gasteiger partial charge on any atom is 0.253 e. The predicted octanol–water partition coefficient (Wildman–Crippen LogP) is 5.13. The summed E-state index contributed by atoms with van der Waals surface area (Å²) < 4.78 is 0. The number of carbonyl (C=O) groups is 4. The molecule has 4 aromatic rings. The summed E-state index contributed by atoms with van der Waals surface area (Å²) in [7, 11) is 4.06. The van der Waals surface area contributed by atoms with Gasteiger partial charge in [-0.15, -0.1) is 0 Å². The number of carbonyl (C=O) groups excluding carboxylic acids is 4. The molecule has 0 aliphatic carbocycles. The minimum absolute atomic E-state index is 0.114. The summed E-state index contributed by atoms with van der Waals surface area (Å²) in [5.74, 6) is -0.749. The van der Waals surface area contributed by atoms with Gasteiger partial charge in [0, 0.05) is 84.5 Å². The number of anilines is 2. The van der Waals surface area contributed by atoms with Crippen LogP contribution in [0.3, 0.4) is 0 Å². The first-order valence-electron chi connectivity index (χ1n) is 16.8. The fraction of sp³-hybridized carbons (Fsp3) is 0.368. The van der Waals surface area contributed by atoms with Crippen molar-refractivity contribution in [2.75, 3.05) is 50.5 Å². The number of benzene rings is 3. The highest BCUT2D eigenvalue weighted by molar-refractivity contribution is 6.30. The largest absolute Gasteiger partial charge is 0.361 e. The number of nitrogens with one attached hydrogen (secondary N) is 3. The zero-order valence-electron chi connectivity index (χ0n) is 28.2. The van der Waals surface area contributed by atoms with E-state index in [1.807, 2.05) is 67.7 Å². The molecule has 0 bridgehead atoms. The number of amides is 4. The Morgan fingerprint density at radius 1 is 1.00 bits per heavy atom. The van der Waals surface area contributed by atoms with Gasteiger partial charge < -0.3 is 30.3 Å². The molecular formula is C38H43ClN6O4. The average Bonchev–Trinajstić information content (AvgIpc) is 3.49. The summed E-state index contributed by atoms with van der Waals surface area (Å²) >= 11 is 6.40. The van der Waals surface area contributed by atoms with Crippen LogP contribution in [0.1, 0.15) is 41.3 Å². The first-order chi connectivity index (χ1) is 23.5. The number of rotatable bonds is 9. The van der Waals surface area contributed by atoms with Gasteiger partial charge in [0.05, 0.1) is 0 Å². The summed E-state index contributed by atoms with van der Waals surface area (Å²) in [5, 5.41) is 7.52. The van der Waals surface area contributed by atoms with Crippen LogP contribution in [0.5, 0.6) is 0 Å². The van der Waals surface area contributed by atoms with Crippen LogP contribution in [0.25, 0.3) is 10.9 Å². The SMILES string of the molecule is CC(=O)Nc1ccc(C(=O)N2CCC(C(=O)N[C@H](Cc3c[nH]c4ccccc34)C(=O)N3C[C@@H](CN(C)C)Cc4cc(Cl)ccc43)CC2)cc1. The summed E-state index contributed by atoms with van der Waals surface area (Å²) in [6.45, 7) is 3.64. The molecule has 4 amide bonds. The van der Waals surface area contributed by atoms with Gasteiger partial charge in [-0.3, -0.25) is 19.2 Å². The highest BCUT2D eigenvalue weighted by atomic mass is 35.5. The van der Waals surface area contributed by atoms with Crippen molar-refractivity contribution in [1.29, 1.82) is 0 Å². The van der Waals surface area contributed by atoms with E-state index in [4.69, 9.17) is 11.6 Å². The zero-order valence-corrected chi connectivity index (χ0v) is 28.9. The molecular weight excluding hydrogens is 640 g/mol. The first-order valence-corrected chi connectivity index (χ1v) is 17.2. The number of hydrogen-bond acceptors (Lipinski definition) is 5. The topological polar surface area (TPSA) is 118 Å². The number of H-pyrrole nitrogens is 1. The highest BCUT2D eigenvalue weighted by Gasteiger charge is 2.36. The van der Waals surface area contributed by atoms with E-state index in [9.17, 15) is 19.2 Å². The Morgan fingerprint density at radius 2 is 1.73 bits per heavy atom. The number of nitrogens with zero attached hydrogens (tertiary/aromatic N) is 3. The van der Waals surface area contributed by atoms with E-state index in [-0.39, 0.29) is 35.5 Å². The van der Waals surface area contributed by atoms with Crippen LogP contribution in [0.15, 0.2) is 72.9 Å². The van der Waals surface area contributed by atoms with Crippen LogP contribution in [0, 0.1) is 11.8 Å². The van der Waals surface area contributed by atoms with Gasteiger partial charge in [-0.2, -0.15) is 0 Å². The van der Waals surface area contributed by atoms with E-state index >= 15 is 0 Å². The molecule has 6 rings (SSSR count). The summed E-state index contributed by atoms with van der Waals surface area (Å²) in [5.41, 5.74) is 4.94. The Kier molecular flexibility index (Phi) is 10.4. The smallest absolute Gasteiger partial charge is 0.253 e. The zero-order chi connectivity index (χ0) is 34.7. The van der Waals surface area contributed by atoms with Gasteiger partial charge in [-0.25, -0.2) is 0 Å². The van der Waals surface area contributed by atoms with Crippen molar-refractivity contribution in [3.05, 3.63) is 94.6 Å². The second kappa shape index (κ2) is 14.8. The molecule has 3 N–H and O–H groups in total. The third-order valence-electron chi connectivity index (χ3n) is 9.49. The maximum absolute atomic E-state index is 14.6. The van der Waals surface area contributed by atoms with E-state index in [1.54, 1.807) is 29.2 Å². The molecule has 2 aliphatic heterocycles. The molecule has 10 nitrogen and oxygen atoms in total. The fourth-order valence-corrected chi connectivity index (χ4v) is 7.38. The van der Waals surface area contributed by atoms with E-state index in [1.165, 1.54) is 6.92 Å². The van der Waals surface area contributed by atoms with E-state index < -0.39 is 6.04 Å². The van der Waals surface area contributed by atoms with Crippen molar-refractivity contribution >= 4 is 57.5 Å². The molecule has 3 heterocycles. The summed E-state index contributed by atoms with van der Waals surface area (Å²) in [6, 6.07) is 19.6. The van der Waals surface area contributed by atoms with Crippen molar-refractivity contribution in [3.63, 3.8) is 0 Å². The minimum atomic E-state index is -0.796. The lowest BCUT2D eigenvalue weighted by atomic mass is 9.90. The average molecular weight is 683 g/mol. The number of hydrogen-bond donors (Lipinski definition) is 3. The maximum atomic E-state index is 14.6. The normalized spacial score (nSPS) is 17.1. The fourth-order valence-electron chi connectivity index (χ4n) is 7.19. The molecule has 0 saturated carbocycles. The molecule has 0 unspecified atom stereocenters. The lowest BCUT2D eigenvalue weighted by Crippen LogP contribution is -2.54. The summed E-state index contributed by atoms with van der Waals surface area (Å²) in [4.78, 5) is 62.1. The van der Waals surface area contributed by atoms with Gasteiger partial charge in [-0.05, 0) is 98.9 Å². The first kappa shape index (κ1) is 34.2. The van der Waals surface area contributed by atoms with Crippen LogP contribution < -0.4 is 15.5 Å². The van der Waals surface area contributed by atoms with Gasteiger partial charge >= 0.3 is 0 Å². The van der Waals surface area contributed by atoms with Crippen molar-refractivity contribution in [2.45, 2.75) is 38.6 Å². The van der Waals surface area contributed by atoms with Crippen LogP contribution >= 0.6 is 11.6 Å². The van der Waals surface area contributed by atoms with E-state index in [0.29, 0.717) is 55.2 Å². The standard InChI is InChI=1S/C38H43ClN6O4/c1-24(46)41-31-11-8-27(9-12-31)37(48)44-16-14-26(15-17-44)36(47)42-34(20-29-21-40-33-7-5-4-6-32(29)33)38(49)45-23-25(22-43(2)3)18-28-19-30(39)10-13-35(28)45/h4-13,19,21,25-26,34,40H,14-18,20,22-23H2,1-3H3,(H,41,46)(H,42,47)/t25-,34-/m1/s1. The lowest BCUT2D eigenvalue weighted by Gasteiger charge is -2.38. The molecule has 2 aliphatic rings. The number of likely N-dealkylation sites (tertiary alicyclic amines) is 1. The monoisotopic (exact) mass is 682 g/mol. The molecule has 11 heteroatoms. The lowest BCUT2D eigenvalue weighted by molar-refractivity contribution is -0.131. The third-order valence-corrected chi connectivity index (χ3v) is 9.72. The van der Waals surface area contributed by atoms with E-state index in [2.05, 4.69) is 20.5 Å². The second-order valence-corrected chi connectivity index (χ2v) is 13.9. The van der Waals surface area contributed by atoms with Crippen LogP contribution in [0.4, 0.5) is 11.4 Å². The predicted molar refractivity (Wildman–Crippen MR) is 193 cm³/mol. The number of aromatic amines is 1. The van der Waals surface area contributed by atoms with Crippen molar-refractivity contribution in [3.8, 4) is 0 Å². The van der Waals surface area contributed by atoms with Crippen molar-refractivity contribution < 1.29 is 19.2 Å². The second-order valence-electron chi connectivity index (χ2n) is 13.5. The molecule has 3 aromatic carbocycles. The Bertz CT molecular complexity index is 1850. The third kappa shape index (κ3) is 7.98. The van der Waals surface area contributed by atoms with Crippen LogP contribution in [-0.2, 0) is 27.2 Å². The number of para-hydroxylation sites is 1. The highest BCUT2D eigenvalue weighted by Crippen LogP contribution is 2.33. The number of aromatic nitrogens is 1. The molecule has 1 fully saturated rings. The van der Waals surface area contributed by atoms with Crippen molar-refractivity contribution in [1.82, 2.24) is 20.1 Å². The molecule has 1 saturated heterocycles. The Balaban J connectivity index is 1.19. The quantitative estimate of drug-likeness (QED) is 0.227. The molecule has 2 atom stereocenters. The summed E-state index contributed by atoms with van der Waals surface area (Å²) in [6.07, 6.45) is 4.05. The van der Waals surface area contributed by atoms with Crippen molar-refractivity contribution in [2.24, 2.45) is 11.8 Å². The number of piperidine rings is 1. The number of halogens is 1. The van der Waals surface area contributed by atoms with Gasteiger partial charge in [0.25, 0.3) is 5.91 Å². The van der Waals surface area contributed by atoms with E-state index in [0.717, 1.165) is 40.7 Å². The number of fused-ring (bicyclic) bond motifs is 2. The Hall–Kier alpha value is -4.67. The molecule has 256 valence electrons. The van der Waals surface area contributed by atoms with Gasteiger partial charge in [-0.1, -0.05) is 29.8 Å². The van der Waals surface area contributed by atoms with Gasteiger partial charge in [0.1, 0.15) is 6.04 Å². The van der Waals surface area contributed by atoms with Crippen LogP contribution in [0.2, 0.25) is 5.02 Å².